The number of ether oxygens (including phenoxy) is 1. The lowest BCUT2D eigenvalue weighted by Gasteiger charge is -2.61. The molecule has 0 bridgehead atoms. The van der Waals surface area contributed by atoms with Crippen LogP contribution in [-0.2, 0) is 4.74 Å². The summed E-state index contributed by atoms with van der Waals surface area (Å²) in [6, 6.07) is 1.43. The molecule has 2 saturated carbocycles. The molecule has 1 heterocycles. The molecular formula is C17H31NO. The highest BCUT2D eigenvalue weighted by atomic mass is 16.5. The van der Waals surface area contributed by atoms with Crippen molar-refractivity contribution >= 4 is 0 Å². The number of fused-ring (bicyclic) bond motifs is 1. The van der Waals surface area contributed by atoms with Crippen molar-refractivity contribution in [2.45, 2.75) is 84.4 Å². The Morgan fingerprint density at radius 3 is 2.37 bits per heavy atom. The Morgan fingerprint density at radius 1 is 1.00 bits per heavy atom. The zero-order valence-corrected chi connectivity index (χ0v) is 13.2. The number of hydrogen-bond acceptors (Lipinski definition) is 2. The van der Waals surface area contributed by atoms with E-state index in [0.717, 1.165) is 18.6 Å². The van der Waals surface area contributed by atoms with Gasteiger partial charge in [-0.1, -0.05) is 27.7 Å². The first kappa shape index (κ1) is 13.9. The van der Waals surface area contributed by atoms with Crippen LogP contribution >= 0.6 is 0 Å². The van der Waals surface area contributed by atoms with E-state index in [4.69, 9.17) is 4.74 Å². The Kier molecular flexibility index (Phi) is 3.46. The van der Waals surface area contributed by atoms with Gasteiger partial charge in [0, 0.05) is 30.0 Å². The first-order valence-electron chi connectivity index (χ1n) is 8.28. The van der Waals surface area contributed by atoms with Gasteiger partial charge in [-0.05, 0) is 43.9 Å². The maximum Gasteiger partial charge on any atom is 0.0684 e. The molecule has 0 aromatic heterocycles. The SMILES string of the molecule is CC1(C)CCC(NC2C3CCCOC3C2(C)C)CC1. The van der Waals surface area contributed by atoms with E-state index in [-0.39, 0.29) is 0 Å². The molecule has 2 heteroatoms. The van der Waals surface area contributed by atoms with Crippen LogP contribution < -0.4 is 5.32 Å². The van der Waals surface area contributed by atoms with Crippen LogP contribution in [0.5, 0.6) is 0 Å². The van der Waals surface area contributed by atoms with Gasteiger partial charge in [-0.3, -0.25) is 0 Å². The van der Waals surface area contributed by atoms with Crippen molar-refractivity contribution in [1.29, 1.82) is 0 Å². The summed E-state index contributed by atoms with van der Waals surface area (Å²) in [5.74, 6) is 0.777. The lowest BCUT2D eigenvalue weighted by Crippen LogP contribution is -2.70. The molecule has 0 amide bonds. The second kappa shape index (κ2) is 4.73. The molecule has 0 radical (unpaired) electrons. The molecule has 2 nitrogen and oxygen atoms in total. The van der Waals surface area contributed by atoms with Crippen LogP contribution in [0, 0.1) is 16.7 Å². The predicted molar refractivity (Wildman–Crippen MR) is 79.2 cm³/mol. The molecule has 19 heavy (non-hydrogen) atoms. The van der Waals surface area contributed by atoms with Crippen molar-refractivity contribution in [2.24, 2.45) is 16.7 Å². The Morgan fingerprint density at radius 2 is 1.68 bits per heavy atom. The molecule has 1 aliphatic heterocycles. The third-order valence-electron chi connectivity index (χ3n) is 6.09. The van der Waals surface area contributed by atoms with Crippen LogP contribution in [0.3, 0.4) is 0 Å². The van der Waals surface area contributed by atoms with Gasteiger partial charge >= 0.3 is 0 Å². The van der Waals surface area contributed by atoms with Gasteiger partial charge in [0.2, 0.25) is 0 Å². The van der Waals surface area contributed by atoms with Gasteiger partial charge in [0.05, 0.1) is 6.10 Å². The summed E-state index contributed by atoms with van der Waals surface area (Å²) in [4.78, 5) is 0. The zero-order valence-electron chi connectivity index (χ0n) is 13.2. The maximum absolute atomic E-state index is 6.00. The van der Waals surface area contributed by atoms with Gasteiger partial charge in [0.15, 0.2) is 0 Å². The molecule has 3 rings (SSSR count). The molecule has 2 aliphatic carbocycles. The predicted octanol–water partition coefficient (Wildman–Crippen LogP) is 3.75. The summed E-state index contributed by atoms with van der Waals surface area (Å²) in [6.45, 7) is 10.6. The van der Waals surface area contributed by atoms with Crippen molar-refractivity contribution in [1.82, 2.24) is 5.32 Å². The van der Waals surface area contributed by atoms with E-state index in [9.17, 15) is 0 Å². The maximum atomic E-state index is 6.00. The second-order valence-corrected chi connectivity index (χ2v) is 8.50. The van der Waals surface area contributed by atoms with Crippen LogP contribution in [0.4, 0.5) is 0 Å². The standard InChI is InChI=1S/C17H31NO/c1-16(2)9-7-12(8-10-16)18-14-13-6-5-11-19-15(13)17(14,3)4/h12-15,18H,5-11H2,1-4H3. The molecule has 0 spiro atoms. The molecular weight excluding hydrogens is 234 g/mol. The van der Waals surface area contributed by atoms with E-state index in [1.54, 1.807) is 0 Å². The quantitative estimate of drug-likeness (QED) is 0.821. The fraction of sp³-hybridized carbons (Fsp3) is 1.00. The minimum Gasteiger partial charge on any atom is -0.377 e. The first-order valence-corrected chi connectivity index (χ1v) is 8.28. The molecule has 3 aliphatic rings. The topological polar surface area (TPSA) is 21.3 Å². The Labute approximate surface area is 118 Å². The van der Waals surface area contributed by atoms with Gasteiger partial charge in [-0.25, -0.2) is 0 Å². The second-order valence-electron chi connectivity index (χ2n) is 8.50. The average Bonchev–Trinajstić information content (AvgIpc) is 2.37. The molecule has 3 fully saturated rings. The van der Waals surface area contributed by atoms with E-state index in [1.165, 1.54) is 38.5 Å². The highest BCUT2D eigenvalue weighted by molar-refractivity contribution is 5.11. The molecule has 3 atom stereocenters. The molecule has 1 saturated heterocycles. The van der Waals surface area contributed by atoms with Crippen molar-refractivity contribution in [3.8, 4) is 0 Å². The van der Waals surface area contributed by atoms with Crippen molar-refractivity contribution in [2.75, 3.05) is 6.61 Å². The van der Waals surface area contributed by atoms with Gasteiger partial charge in [0.1, 0.15) is 0 Å². The largest absolute Gasteiger partial charge is 0.377 e. The summed E-state index contributed by atoms with van der Waals surface area (Å²) in [6.07, 6.45) is 8.61. The average molecular weight is 265 g/mol. The Bertz CT molecular complexity index is 326. The van der Waals surface area contributed by atoms with E-state index in [1.807, 2.05) is 0 Å². The van der Waals surface area contributed by atoms with Crippen LogP contribution in [0.1, 0.15) is 66.2 Å². The number of rotatable bonds is 2. The molecule has 110 valence electrons. The monoisotopic (exact) mass is 265 g/mol. The highest BCUT2D eigenvalue weighted by Gasteiger charge is 2.58. The molecule has 0 aromatic carbocycles. The number of nitrogens with one attached hydrogen (secondary N) is 1. The molecule has 3 unspecified atom stereocenters. The van der Waals surface area contributed by atoms with E-state index in [2.05, 4.69) is 33.0 Å². The zero-order chi connectivity index (χ0) is 13.7. The first-order chi connectivity index (χ1) is 8.90. The minimum absolute atomic E-state index is 0.331. The van der Waals surface area contributed by atoms with Gasteiger partial charge < -0.3 is 10.1 Å². The van der Waals surface area contributed by atoms with E-state index < -0.39 is 0 Å². The number of hydrogen-bond donors (Lipinski definition) is 1. The fourth-order valence-electron chi connectivity index (χ4n) is 4.68. The normalized spacial score (nSPS) is 41.4. The van der Waals surface area contributed by atoms with Crippen molar-refractivity contribution < 1.29 is 4.74 Å². The van der Waals surface area contributed by atoms with Gasteiger partial charge in [0.25, 0.3) is 0 Å². The smallest absolute Gasteiger partial charge is 0.0684 e. The lowest BCUT2D eigenvalue weighted by molar-refractivity contribution is -0.195. The van der Waals surface area contributed by atoms with Crippen LogP contribution in [-0.4, -0.2) is 24.8 Å². The summed E-state index contributed by atoms with van der Waals surface area (Å²) < 4.78 is 6.00. The van der Waals surface area contributed by atoms with E-state index in [0.29, 0.717) is 23.0 Å². The van der Waals surface area contributed by atoms with Gasteiger partial charge in [-0.2, -0.15) is 0 Å². The summed E-state index contributed by atoms with van der Waals surface area (Å²) >= 11 is 0. The van der Waals surface area contributed by atoms with Crippen LogP contribution in [0.15, 0.2) is 0 Å². The van der Waals surface area contributed by atoms with Crippen molar-refractivity contribution in [3.63, 3.8) is 0 Å². The van der Waals surface area contributed by atoms with Crippen LogP contribution in [0.25, 0.3) is 0 Å². The molecule has 1 N–H and O–H groups in total. The van der Waals surface area contributed by atoms with Crippen LogP contribution in [0.2, 0.25) is 0 Å². The Hall–Kier alpha value is -0.0800. The van der Waals surface area contributed by atoms with Gasteiger partial charge in [-0.15, -0.1) is 0 Å². The third-order valence-corrected chi connectivity index (χ3v) is 6.09. The fourth-order valence-corrected chi connectivity index (χ4v) is 4.68. The van der Waals surface area contributed by atoms with E-state index >= 15 is 0 Å². The third kappa shape index (κ3) is 2.47. The summed E-state index contributed by atoms with van der Waals surface area (Å²) in [5, 5.41) is 4.00. The van der Waals surface area contributed by atoms with Crippen molar-refractivity contribution in [3.05, 3.63) is 0 Å². The Balaban J connectivity index is 1.58. The lowest BCUT2D eigenvalue weighted by atomic mass is 9.55. The molecule has 0 aromatic rings. The summed E-state index contributed by atoms with van der Waals surface area (Å²) in [5.41, 5.74) is 0.905. The summed E-state index contributed by atoms with van der Waals surface area (Å²) in [7, 11) is 0. The highest BCUT2D eigenvalue weighted by Crippen LogP contribution is 2.52. The minimum atomic E-state index is 0.331.